The van der Waals surface area contributed by atoms with Gasteiger partial charge in [0.1, 0.15) is 5.56 Å². The standard InChI is InChI=1S/C11H13FN4O3/c1-11(2-3-11)14-10(17)6-4-8(15-13)7(12)5-9(6)16(18)19/h4-5,15H,2-3,13H2,1H3,(H,14,17). The number of carbonyl (C=O) groups excluding carboxylic acids is 1. The fraction of sp³-hybridized carbons (Fsp3) is 0.364. The van der Waals surface area contributed by atoms with E-state index in [1.807, 2.05) is 6.92 Å². The number of nitrogen functional groups attached to an aromatic ring is 1. The predicted molar refractivity (Wildman–Crippen MR) is 66.0 cm³/mol. The van der Waals surface area contributed by atoms with E-state index in [-0.39, 0.29) is 16.8 Å². The summed E-state index contributed by atoms with van der Waals surface area (Å²) < 4.78 is 13.4. The first-order valence-electron chi connectivity index (χ1n) is 5.63. The molecule has 1 aromatic rings. The van der Waals surface area contributed by atoms with Gasteiger partial charge < -0.3 is 10.7 Å². The molecule has 0 aliphatic heterocycles. The van der Waals surface area contributed by atoms with Crippen LogP contribution in [0.4, 0.5) is 15.8 Å². The number of rotatable bonds is 4. The van der Waals surface area contributed by atoms with Crippen LogP contribution in [0.5, 0.6) is 0 Å². The summed E-state index contributed by atoms with van der Waals surface area (Å²) in [6.07, 6.45) is 1.63. The molecule has 1 aliphatic carbocycles. The van der Waals surface area contributed by atoms with Gasteiger partial charge in [0.25, 0.3) is 11.6 Å². The van der Waals surface area contributed by atoms with Crippen molar-refractivity contribution in [1.29, 1.82) is 0 Å². The molecule has 1 amide bonds. The Bertz CT molecular complexity index is 557. The van der Waals surface area contributed by atoms with Gasteiger partial charge in [-0.15, -0.1) is 0 Å². The molecule has 0 spiro atoms. The van der Waals surface area contributed by atoms with Crippen molar-refractivity contribution in [1.82, 2.24) is 5.32 Å². The Morgan fingerprint density at radius 1 is 1.53 bits per heavy atom. The third-order valence-corrected chi connectivity index (χ3v) is 3.10. The summed E-state index contributed by atoms with van der Waals surface area (Å²) in [5.41, 5.74) is 0.764. The molecule has 1 fully saturated rings. The highest BCUT2D eigenvalue weighted by Crippen LogP contribution is 2.35. The average Bonchev–Trinajstić information content (AvgIpc) is 3.06. The summed E-state index contributed by atoms with van der Waals surface area (Å²) in [6, 6.07) is 1.72. The van der Waals surface area contributed by atoms with Crippen molar-refractivity contribution >= 4 is 17.3 Å². The third-order valence-electron chi connectivity index (χ3n) is 3.10. The Hall–Kier alpha value is -2.22. The number of nitrogens with one attached hydrogen (secondary N) is 2. The molecule has 1 aliphatic rings. The topological polar surface area (TPSA) is 110 Å². The largest absolute Gasteiger partial charge is 0.347 e. The van der Waals surface area contributed by atoms with Crippen LogP contribution in [-0.4, -0.2) is 16.4 Å². The zero-order valence-electron chi connectivity index (χ0n) is 10.2. The van der Waals surface area contributed by atoms with Crippen LogP contribution in [0.25, 0.3) is 0 Å². The molecule has 7 nitrogen and oxygen atoms in total. The van der Waals surface area contributed by atoms with E-state index in [9.17, 15) is 19.3 Å². The first-order chi connectivity index (χ1) is 8.86. The third kappa shape index (κ3) is 2.63. The Morgan fingerprint density at radius 3 is 2.63 bits per heavy atom. The molecule has 0 unspecified atom stereocenters. The zero-order valence-corrected chi connectivity index (χ0v) is 10.2. The van der Waals surface area contributed by atoms with Crippen LogP contribution in [0.3, 0.4) is 0 Å². The Morgan fingerprint density at radius 2 is 2.16 bits per heavy atom. The average molecular weight is 268 g/mol. The number of anilines is 1. The molecule has 0 radical (unpaired) electrons. The molecule has 2 rings (SSSR count). The maximum absolute atomic E-state index is 13.4. The molecule has 102 valence electrons. The van der Waals surface area contributed by atoms with Crippen molar-refractivity contribution < 1.29 is 14.1 Å². The number of nitro benzene ring substituents is 1. The fourth-order valence-corrected chi connectivity index (χ4v) is 1.66. The lowest BCUT2D eigenvalue weighted by Gasteiger charge is -2.12. The number of carbonyl (C=O) groups is 1. The Kier molecular flexibility index (Phi) is 3.11. The van der Waals surface area contributed by atoms with Gasteiger partial charge in [-0.2, -0.15) is 0 Å². The minimum atomic E-state index is -0.886. The number of amides is 1. The highest BCUT2D eigenvalue weighted by atomic mass is 19.1. The lowest BCUT2D eigenvalue weighted by atomic mass is 10.1. The Labute approximate surface area is 108 Å². The summed E-state index contributed by atoms with van der Waals surface area (Å²) >= 11 is 0. The van der Waals surface area contributed by atoms with Crippen molar-refractivity contribution in [2.45, 2.75) is 25.3 Å². The maximum atomic E-state index is 13.4. The number of nitrogens with zero attached hydrogens (tertiary/aromatic N) is 1. The van der Waals surface area contributed by atoms with Crippen LogP contribution in [-0.2, 0) is 0 Å². The number of nitrogens with two attached hydrogens (primary N) is 1. The summed E-state index contributed by atoms with van der Waals surface area (Å²) in [4.78, 5) is 22.1. The molecule has 0 aromatic heterocycles. The van der Waals surface area contributed by atoms with Gasteiger partial charge in [-0.1, -0.05) is 0 Å². The highest BCUT2D eigenvalue weighted by Gasteiger charge is 2.40. The molecule has 1 saturated carbocycles. The smallest absolute Gasteiger partial charge is 0.285 e. The van der Waals surface area contributed by atoms with E-state index >= 15 is 0 Å². The minimum absolute atomic E-state index is 0.170. The molecule has 19 heavy (non-hydrogen) atoms. The van der Waals surface area contributed by atoms with E-state index in [1.54, 1.807) is 0 Å². The Balaban J connectivity index is 2.41. The van der Waals surface area contributed by atoms with Crippen LogP contribution >= 0.6 is 0 Å². The second-order valence-corrected chi connectivity index (χ2v) is 4.77. The van der Waals surface area contributed by atoms with Crippen molar-refractivity contribution in [3.05, 3.63) is 33.6 Å². The van der Waals surface area contributed by atoms with E-state index < -0.39 is 22.3 Å². The fourth-order valence-electron chi connectivity index (χ4n) is 1.66. The normalized spacial score (nSPS) is 15.7. The van der Waals surface area contributed by atoms with Crippen molar-refractivity contribution in [2.24, 2.45) is 5.84 Å². The van der Waals surface area contributed by atoms with Gasteiger partial charge in [-0.05, 0) is 25.8 Å². The molecule has 0 heterocycles. The van der Waals surface area contributed by atoms with E-state index in [0.29, 0.717) is 6.07 Å². The molecular formula is C11H13FN4O3. The van der Waals surface area contributed by atoms with Crippen molar-refractivity contribution in [2.75, 3.05) is 5.43 Å². The number of nitro groups is 1. The number of hydrazine groups is 1. The van der Waals surface area contributed by atoms with Gasteiger partial charge in [0.2, 0.25) is 0 Å². The van der Waals surface area contributed by atoms with Crippen molar-refractivity contribution in [3.63, 3.8) is 0 Å². The first kappa shape index (κ1) is 13.2. The number of halogens is 1. The van der Waals surface area contributed by atoms with Crippen molar-refractivity contribution in [3.8, 4) is 0 Å². The van der Waals surface area contributed by atoms with E-state index in [1.165, 1.54) is 0 Å². The molecule has 4 N–H and O–H groups in total. The van der Waals surface area contributed by atoms with Crippen LogP contribution in [0.15, 0.2) is 12.1 Å². The van der Waals surface area contributed by atoms with Crippen LogP contribution in [0.2, 0.25) is 0 Å². The molecule has 0 saturated heterocycles. The van der Waals surface area contributed by atoms with Crippen LogP contribution in [0.1, 0.15) is 30.1 Å². The quantitative estimate of drug-likeness (QED) is 0.433. The van der Waals surface area contributed by atoms with Gasteiger partial charge >= 0.3 is 0 Å². The second-order valence-electron chi connectivity index (χ2n) is 4.77. The van der Waals surface area contributed by atoms with Gasteiger partial charge in [-0.3, -0.25) is 20.8 Å². The molecule has 0 bridgehead atoms. The van der Waals surface area contributed by atoms with E-state index in [2.05, 4.69) is 10.7 Å². The van der Waals surface area contributed by atoms with Gasteiger partial charge in [0.05, 0.1) is 16.7 Å². The molecule has 0 atom stereocenters. The molecular weight excluding hydrogens is 255 g/mol. The second kappa shape index (κ2) is 4.47. The molecule has 1 aromatic carbocycles. The first-order valence-corrected chi connectivity index (χ1v) is 5.63. The number of hydrogen-bond acceptors (Lipinski definition) is 5. The lowest BCUT2D eigenvalue weighted by Crippen LogP contribution is -2.34. The van der Waals surface area contributed by atoms with Gasteiger partial charge in [-0.25, -0.2) is 4.39 Å². The zero-order chi connectivity index (χ0) is 14.2. The van der Waals surface area contributed by atoms with Crippen LogP contribution in [0, 0.1) is 15.9 Å². The predicted octanol–water partition coefficient (Wildman–Crippen LogP) is 1.30. The summed E-state index contributed by atoms with van der Waals surface area (Å²) in [7, 11) is 0. The number of hydrogen-bond donors (Lipinski definition) is 3. The summed E-state index contributed by atoms with van der Waals surface area (Å²) in [5.74, 6) is 3.60. The van der Waals surface area contributed by atoms with Gasteiger partial charge in [0.15, 0.2) is 5.82 Å². The SMILES string of the molecule is CC1(NC(=O)c2cc(NN)c(F)cc2[N+](=O)[O-])CC1. The van der Waals surface area contributed by atoms with E-state index in [0.717, 1.165) is 18.9 Å². The van der Waals surface area contributed by atoms with Crippen LogP contribution < -0.4 is 16.6 Å². The summed E-state index contributed by atoms with van der Waals surface area (Å²) in [6.45, 7) is 1.84. The molecule has 8 heteroatoms. The van der Waals surface area contributed by atoms with Gasteiger partial charge in [0, 0.05) is 5.54 Å². The lowest BCUT2D eigenvalue weighted by molar-refractivity contribution is -0.385. The highest BCUT2D eigenvalue weighted by molar-refractivity contribution is 5.99. The minimum Gasteiger partial charge on any atom is -0.347 e. The number of benzene rings is 1. The summed E-state index contributed by atoms with van der Waals surface area (Å²) in [5, 5.41) is 13.5. The van der Waals surface area contributed by atoms with E-state index in [4.69, 9.17) is 5.84 Å². The monoisotopic (exact) mass is 268 g/mol. The maximum Gasteiger partial charge on any atom is 0.285 e.